The van der Waals surface area contributed by atoms with Gasteiger partial charge in [0.2, 0.25) is 5.91 Å². The van der Waals surface area contributed by atoms with Crippen molar-refractivity contribution in [2.24, 2.45) is 0 Å². The van der Waals surface area contributed by atoms with Gasteiger partial charge >= 0.3 is 5.97 Å². The lowest BCUT2D eigenvalue weighted by molar-refractivity contribution is -0.147. The number of aliphatic carboxylic acids is 1. The van der Waals surface area contributed by atoms with E-state index in [1.165, 1.54) is 6.92 Å². The smallest absolute Gasteiger partial charge is 0.333 e. The number of carbonyl (C=O) groups excluding carboxylic acids is 1. The van der Waals surface area contributed by atoms with Crippen LogP contribution in [0.5, 0.6) is 0 Å². The Morgan fingerprint density at radius 2 is 1.89 bits per heavy atom. The molecule has 0 aliphatic carbocycles. The molecule has 1 atom stereocenters. The van der Waals surface area contributed by atoms with Gasteiger partial charge in [-0.15, -0.1) is 0 Å². The Balaban J connectivity index is 2.78. The second-order valence-electron chi connectivity index (χ2n) is 4.55. The third-order valence-electron chi connectivity index (χ3n) is 3.00. The molecule has 1 aromatic carbocycles. The second kappa shape index (κ2) is 6.89. The topological polar surface area (TPSA) is 78.4 Å². The molecule has 5 nitrogen and oxygen atoms in total. The summed E-state index contributed by atoms with van der Waals surface area (Å²) in [5, 5.41) is 14.9. The van der Waals surface area contributed by atoms with Gasteiger partial charge in [-0.25, -0.2) is 4.79 Å². The fraction of sp³-hybridized carbons (Fsp3) is 0.429. The van der Waals surface area contributed by atoms with E-state index in [0.29, 0.717) is 18.4 Å². The maximum absolute atomic E-state index is 11.8. The van der Waals surface area contributed by atoms with Crippen molar-refractivity contribution in [1.29, 1.82) is 0 Å². The standard InChI is InChI=1S/C14H20N2O3/c1-14(13(18)19,11-7-4-3-5-8-11)16-12(17)9-6-10-15-2/h3-5,7-8,15H,6,9-10H2,1-2H3,(H,16,17)(H,18,19). The summed E-state index contributed by atoms with van der Waals surface area (Å²) < 4.78 is 0. The van der Waals surface area contributed by atoms with Crippen LogP contribution in [0.2, 0.25) is 0 Å². The predicted octanol–water partition coefficient (Wildman–Crippen LogP) is 1.10. The molecule has 0 saturated carbocycles. The van der Waals surface area contributed by atoms with E-state index in [4.69, 9.17) is 0 Å². The molecule has 0 bridgehead atoms. The van der Waals surface area contributed by atoms with E-state index in [9.17, 15) is 14.7 Å². The third-order valence-corrected chi connectivity index (χ3v) is 3.00. The number of amides is 1. The van der Waals surface area contributed by atoms with Crippen LogP contribution in [0.1, 0.15) is 25.3 Å². The molecule has 1 unspecified atom stereocenters. The molecule has 0 aromatic heterocycles. The Hall–Kier alpha value is -1.88. The van der Waals surface area contributed by atoms with Gasteiger partial charge in [0.1, 0.15) is 0 Å². The van der Waals surface area contributed by atoms with Gasteiger partial charge in [-0.3, -0.25) is 4.79 Å². The van der Waals surface area contributed by atoms with Crippen LogP contribution >= 0.6 is 0 Å². The van der Waals surface area contributed by atoms with Crippen LogP contribution < -0.4 is 10.6 Å². The maximum Gasteiger partial charge on any atom is 0.333 e. The number of rotatable bonds is 7. The Labute approximate surface area is 113 Å². The van der Waals surface area contributed by atoms with Gasteiger partial charge in [-0.1, -0.05) is 30.3 Å². The van der Waals surface area contributed by atoms with E-state index >= 15 is 0 Å². The highest BCUT2D eigenvalue weighted by Gasteiger charge is 2.36. The van der Waals surface area contributed by atoms with Crippen LogP contribution in [-0.2, 0) is 15.1 Å². The van der Waals surface area contributed by atoms with Gasteiger partial charge in [0.15, 0.2) is 5.54 Å². The number of carbonyl (C=O) groups is 2. The minimum absolute atomic E-state index is 0.260. The molecule has 0 aliphatic rings. The van der Waals surface area contributed by atoms with E-state index in [-0.39, 0.29) is 5.91 Å². The summed E-state index contributed by atoms with van der Waals surface area (Å²) in [6, 6.07) is 8.71. The Kier molecular flexibility index (Phi) is 5.51. The van der Waals surface area contributed by atoms with Gasteiger partial charge in [-0.05, 0) is 32.5 Å². The van der Waals surface area contributed by atoms with Crippen LogP contribution in [0.15, 0.2) is 30.3 Å². The zero-order valence-corrected chi connectivity index (χ0v) is 11.3. The van der Waals surface area contributed by atoms with Crippen molar-refractivity contribution >= 4 is 11.9 Å². The predicted molar refractivity (Wildman–Crippen MR) is 72.7 cm³/mol. The molecule has 0 aliphatic heterocycles. The Morgan fingerprint density at radius 1 is 1.26 bits per heavy atom. The van der Waals surface area contributed by atoms with E-state index in [0.717, 1.165) is 6.54 Å². The molecule has 19 heavy (non-hydrogen) atoms. The average molecular weight is 264 g/mol. The van der Waals surface area contributed by atoms with Crippen LogP contribution in [0.4, 0.5) is 0 Å². The van der Waals surface area contributed by atoms with Gasteiger partial charge < -0.3 is 15.7 Å². The summed E-state index contributed by atoms with van der Waals surface area (Å²) in [6.45, 7) is 2.23. The van der Waals surface area contributed by atoms with Crippen molar-refractivity contribution in [3.05, 3.63) is 35.9 Å². The largest absolute Gasteiger partial charge is 0.479 e. The molecular formula is C14H20N2O3. The molecule has 0 radical (unpaired) electrons. The molecule has 0 saturated heterocycles. The molecule has 5 heteroatoms. The number of nitrogens with one attached hydrogen (secondary N) is 2. The molecule has 0 spiro atoms. The van der Waals surface area contributed by atoms with Crippen LogP contribution in [-0.4, -0.2) is 30.6 Å². The van der Waals surface area contributed by atoms with Crippen molar-refractivity contribution in [1.82, 2.24) is 10.6 Å². The zero-order valence-electron chi connectivity index (χ0n) is 11.3. The van der Waals surface area contributed by atoms with Gasteiger partial charge in [-0.2, -0.15) is 0 Å². The molecular weight excluding hydrogens is 244 g/mol. The van der Waals surface area contributed by atoms with Gasteiger partial charge in [0, 0.05) is 6.42 Å². The van der Waals surface area contributed by atoms with Gasteiger partial charge in [0.05, 0.1) is 0 Å². The van der Waals surface area contributed by atoms with Crippen molar-refractivity contribution in [2.45, 2.75) is 25.3 Å². The van der Waals surface area contributed by atoms with Crippen LogP contribution in [0, 0.1) is 0 Å². The van der Waals surface area contributed by atoms with E-state index in [1.807, 2.05) is 7.05 Å². The lowest BCUT2D eigenvalue weighted by Gasteiger charge is -2.26. The average Bonchev–Trinajstić information content (AvgIpc) is 2.39. The summed E-state index contributed by atoms with van der Waals surface area (Å²) in [6.07, 6.45) is 0.976. The lowest BCUT2D eigenvalue weighted by Crippen LogP contribution is -2.49. The summed E-state index contributed by atoms with van der Waals surface area (Å²) in [5.41, 5.74) is -0.831. The van der Waals surface area contributed by atoms with Crippen LogP contribution in [0.3, 0.4) is 0 Å². The van der Waals surface area contributed by atoms with E-state index in [2.05, 4.69) is 10.6 Å². The number of hydrogen-bond acceptors (Lipinski definition) is 3. The van der Waals surface area contributed by atoms with Crippen molar-refractivity contribution in [3.8, 4) is 0 Å². The zero-order chi connectivity index (χ0) is 14.3. The first-order chi connectivity index (χ1) is 9.00. The van der Waals surface area contributed by atoms with Crippen molar-refractivity contribution in [3.63, 3.8) is 0 Å². The van der Waals surface area contributed by atoms with Gasteiger partial charge in [0.25, 0.3) is 0 Å². The number of carboxylic acids is 1. The SMILES string of the molecule is CNCCCC(=O)NC(C)(C(=O)O)c1ccccc1. The van der Waals surface area contributed by atoms with E-state index in [1.54, 1.807) is 30.3 Å². The molecule has 3 N–H and O–H groups in total. The Bertz CT molecular complexity index is 434. The summed E-state index contributed by atoms with van der Waals surface area (Å²) in [5.74, 6) is -1.33. The minimum atomic E-state index is -1.39. The third kappa shape index (κ3) is 4.06. The summed E-state index contributed by atoms with van der Waals surface area (Å²) >= 11 is 0. The summed E-state index contributed by atoms with van der Waals surface area (Å²) in [4.78, 5) is 23.3. The number of hydrogen-bond donors (Lipinski definition) is 3. The quantitative estimate of drug-likeness (QED) is 0.644. The first kappa shape index (κ1) is 15.2. The first-order valence-corrected chi connectivity index (χ1v) is 6.25. The van der Waals surface area contributed by atoms with E-state index < -0.39 is 11.5 Å². The molecule has 1 amide bonds. The fourth-order valence-electron chi connectivity index (χ4n) is 1.79. The second-order valence-corrected chi connectivity index (χ2v) is 4.55. The highest BCUT2D eigenvalue weighted by molar-refractivity contribution is 5.87. The molecule has 0 heterocycles. The van der Waals surface area contributed by atoms with Crippen molar-refractivity contribution in [2.75, 3.05) is 13.6 Å². The normalized spacial score (nSPS) is 13.6. The lowest BCUT2D eigenvalue weighted by atomic mass is 9.92. The molecule has 1 aromatic rings. The monoisotopic (exact) mass is 264 g/mol. The number of carboxylic acid groups (broad SMARTS) is 1. The Morgan fingerprint density at radius 3 is 2.42 bits per heavy atom. The van der Waals surface area contributed by atoms with Crippen molar-refractivity contribution < 1.29 is 14.7 Å². The minimum Gasteiger partial charge on any atom is -0.479 e. The van der Waals surface area contributed by atoms with Crippen LogP contribution in [0.25, 0.3) is 0 Å². The highest BCUT2D eigenvalue weighted by Crippen LogP contribution is 2.21. The fourth-order valence-corrected chi connectivity index (χ4v) is 1.79. The highest BCUT2D eigenvalue weighted by atomic mass is 16.4. The number of benzene rings is 1. The summed E-state index contributed by atoms with van der Waals surface area (Å²) in [7, 11) is 1.81. The first-order valence-electron chi connectivity index (χ1n) is 6.25. The molecule has 104 valence electrons. The molecule has 0 fully saturated rings. The maximum atomic E-state index is 11.8. The molecule has 1 rings (SSSR count).